The number of thiophene rings is 1. The first-order chi connectivity index (χ1) is 15.8. The Kier molecular flexibility index (Phi) is 7.62. The number of carbonyl (C=O) groups is 4. The highest BCUT2D eigenvalue weighted by atomic mass is 32.1. The molecule has 10 heteroatoms. The fourth-order valence-electron chi connectivity index (χ4n) is 2.93. The molecule has 9 nitrogen and oxygen atoms in total. The molecule has 3 rings (SSSR count). The normalized spacial score (nSPS) is 10.4. The Bertz CT molecular complexity index is 1160. The molecule has 0 unspecified atom stereocenters. The summed E-state index contributed by atoms with van der Waals surface area (Å²) < 4.78 is 15.1. The van der Waals surface area contributed by atoms with Gasteiger partial charge in [0.15, 0.2) is 5.76 Å². The van der Waals surface area contributed by atoms with Crippen LogP contribution >= 0.6 is 11.3 Å². The van der Waals surface area contributed by atoms with Crippen molar-refractivity contribution in [2.24, 2.45) is 0 Å². The predicted molar refractivity (Wildman–Crippen MR) is 122 cm³/mol. The van der Waals surface area contributed by atoms with Gasteiger partial charge in [-0.2, -0.15) is 0 Å². The third-order valence-electron chi connectivity index (χ3n) is 4.46. The average molecular weight is 471 g/mol. The lowest BCUT2D eigenvalue weighted by molar-refractivity contribution is 0.0517. The van der Waals surface area contributed by atoms with Crippen LogP contribution in [0.3, 0.4) is 0 Å². The molecule has 0 aliphatic rings. The van der Waals surface area contributed by atoms with E-state index in [2.05, 4.69) is 10.6 Å². The number of carbonyl (C=O) groups excluding carboxylic acids is 4. The number of benzene rings is 1. The molecule has 172 valence electrons. The zero-order valence-corrected chi connectivity index (χ0v) is 19.0. The van der Waals surface area contributed by atoms with Crippen LogP contribution in [0, 0.1) is 6.92 Å². The van der Waals surface area contributed by atoms with Gasteiger partial charge < -0.3 is 24.5 Å². The number of esters is 2. The van der Waals surface area contributed by atoms with Crippen molar-refractivity contribution in [3.05, 3.63) is 70.0 Å². The molecule has 0 bridgehead atoms. The van der Waals surface area contributed by atoms with Gasteiger partial charge in [0.05, 0.1) is 35.5 Å². The molecule has 0 atom stereocenters. The Morgan fingerprint density at radius 1 is 0.909 bits per heavy atom. The topological polar surface area (TPSA) is 124 Å². The van der Waals surface area contributed by atoms with E-state index >= 15 is 0 Å². The number of amides is 2. The molecule has 1 aromatic carbocycles. The number of furan rings is 1. The molecule has 2 heterocycles. The summed E-state index contributed by atoms with van der Waals surface area (Å²) in [6.07, 6.45) is 1.35. The first-order valence-corrected chi connectivity index (χ1v) is 10.9. The van der Waals surface area contributed by atoms with E-state index in [1.54, 1.807) is 39.0 Å². The van der Waals surface area contributed by atoms with Crippen molar-refractivity contribution >= 4 is 45.8 Å². The standard InChI is InChI=1S/C23H22N2O7S/c1-4-30-22(28)14-8-10-15(11-9-14)24-20(27)18-13(3)17(23(29)31-5-2)21(33-18)25-19(26)16-7-6-12-32-16/h6-12H,4-5H2,1-3H3,(H,24,27)(H,25,26). The van der Waals surface area contributed by atoms with Crippen LogP contribution in [0.5, 0.6) is 0 Å². The van der Waals surface area contributed by atoms with Gasteiger partial charge in [0.25, 0.3) is 11.8 Å². The van der Waals surface area contributed by atoms with Gasteiger partial charge in [-0.1, -0.05) is 0 Å². The summed E-state index contributed by atoms with van der Waals surface area (Å²) in [5.74, 6) is -2.10. The fourth-order valence-corrected chi connectivity index (χ4v) is 4.02. The predicted octanol–water partition coefficient (Wildman–Crippen LogP) is 4.51. The molecule has 0 aliphatic carbocycles. The summed E-state index contributed by atoms with van der Waals surface area (Å²) in [4.78, 5) is 49.9. The summed E-state index contributed by atoms with van der Waals surface area (Å²) >= 11 is 0.947. The minimum Gasteiger partial charge on any atom is -0.462 e. The van der Waals surface area contributed by atoms with E-state index in [9.17, 15) is 19.2 Å². The molecule has 2 amide bonds. The Morgan fingerprint density at radius 2 is 1.58 bits per heavy atom. The van der Waals surface area contributed by atoms with Gasteiger partial charge >= 0.3 is 11.9 Å². The maximum atomic E-state index is 12.9. The molecule has 33 heavy (non-hydrogen) atoms. The van der Waals surface area contributed by atoms with Crippen molar-refractivity contribution in [1.29, 1.82) is 0 Å². The zero-order valence-electron chi connectivity index (χ0n) is 18.2. The van der Waals surface area contributed by atoms with Crippen molar-refractivity contribution in [2.75, 3.05) is 23.8 Å². The van der Waals surface area contributed by atoms with E-state index in [0.717, 1.165) is 11.3 Å². The third kappa shape index (κ3) is 5.47. The van der Waals surface area contributed by atoms with Gasteiger partial charge in [-0.05, 0) is 62.7 Å². The van der Waals surface area contributed by atoms with E-state index in [1.807, 2.05) is 0 Å². The second kappa shape index (κ2) is 10.6. The number of hydrogen-bond acceptors (Lipinski definition) is 8. The molecule has 0 saturated carbocycles. The molecule has 0 radical (unpaired) electrons. The van der Waals surface area contributed by atoms with Crippen molar-refractivity contribution < 1.29 is 33.1 Å². The highest BCUT2D eigenvalue weighted by molar-refractivity contribution is 7.19. The summed E-state index contributed by atoms with van der Waals surface area (Å²) in [7, 11) is 0. The number of nitrogens with one attached hydrogen (secondary N) is 2. The van der Waals surface area contributed by atoms with Crippen LogP contribution in [0.1, 0.15) is 60.4 Å². The second-order valence-electron chi connectivity index (χ2n) is 6.66. The highest BCUT2D eigenvalue weighted by Gasteiger charge is 2.27. The van der Waals surface area contributed by atoms with E-state index in [4.69, 9.17) is 13.9 Å². The molecule has 2 N–H and O–H groups in total. The van der Waals surface area contributed by atoms with Gasteiger partial charge in [0, 0.05) is 5.69 Å². The number of rotatable bonds is 8. The minimum atomic E-state index is -0.654. The van der Waals surface area contributed by atoms with Crippen LogP contribution < -0.4 is 10.6 Å². The summed E-state index contributed by atoms with van der Waals surface area (Å²) in [6, 6.07) is 9.25. The molecule has 2 aromatic heterocycles. The third-order valence-corrected chi connectivity index (χ3v) is 5.66. The maximum absolute atomic E-state index is 12.9. The van der Waals surface area contributed by atoms with Crippen molar-refractivity contribution in [1.82, 2.24) is 0 Å². The Hall–Kier alpha value is -3.92. The van der Waals surface area contributed by atoms with E-state index in [0.29, 0.717) is 16.8 Å². The van der Waals surface area contributed by atoms with Crippen LogP contribution in [0.2, 0.25) is 0 Å². The SMILES string of the molecule is CCOC(=O)c1ccc(NC(=O)c2sc(NC(=O)c3ccco3)c(C(=O)OCC)c2C)cc1. The molecular formula is C23H22N2O7S. The average Bonchev–Trinajstić information content (AvgIpc) is 3.43. The molecule has 0 fully saturated rings. The van der Waals surface area contributed by atoms with Crippen LogP contribution in [0.25, 0.3) is 0 Å². The molecule has 3 aromatic rings. The lowest BCUT2D eigenvalue weighted by atomic mass is 10.1. The maximum Gasteiger partial charge on any atom is 0.341 e. The van der Waals surface area contributed by atoms with E-state index < -0.39 is 23.8 Å². The quantitative estimate of drug-likeness (QED) is 0.464. The largest absolute Gasteiger partial charge is 0.462 e. The van der Waals surface area contributed by atoms with E-state index in [1.165, 1.54) is 24.5 Å². The fraction of sp³-hybridized carbons (Fsp3) is 0.217. The van der Waals surface area contributed by atoms with Crippen LogP contribution in [0.15, 0.2) is 47.1 Å². The molecule has 0 saturated heterocycles. The molecule has 0 aliphatic heterocycles. The first kappa shape index (κ1) is 23.7. The lowest BCUT2D eigenvalue weighted by Crippen LogP contribution is -2.14. The van der Waals surface area contributed by atoms with Crippen molar-refractivity contribution in [3.63, 3.8) is 0 Å². The van der Waals surface area contributed by atoms with Crippen LogP contribution in [-0.2, 0) is 9.47 Å². The van der Waals surface area contributed by atoms with Crippen LogP contribution in [-0.4, -0.2) is 37.0 Å². The van der Waals surface area contributed by atoms with Crippen LogP contribution in [0.4, 0.5) is 10.7 Å². The van der Waals surface area contributed by atoms with Gasteiger partial charge in [0.2, 0.25) is 0 Å². The van der Waals surface area contributed by atoms with E-state index in [-0.39, 0.29) is 34.4 Å². The number of anilines is 2. The Morgan fingerprint density at radius 3 is 2.18 bits per heavy atom. The zero-order chi connectivity index (χ0) is 24.0. The Balaban J connectivity index is 1.85. The van der Waals surface area contributed by atoms with Gasteiger partial charge in [0.1, 0.15) is 5.00 Å². The summed E-state index contributed by atoms with van der Waals surface area (Å²) in [6.45, 7) is 5.37. The molecule has 0 spiro atoms. The number of ether oxygens (including phenoxy) is 2. The minimum absolute atomic E-state index is 0.0588. The van der Waals surface area contributed by atoms with Gasteiger partial charge in [-0.25, -0.2) is 9.59 Å². The van der Waals surface area contributed by atoms with Gasteiger partial charge in [-0.15, -0.1) is 11.3 Å². The lowest BCUT2D eigenvalue weighted by Gasteiger charge is -2.07. The van der Waals surface area contributed by atoms with Gasteiger partial charge in [-0.3, -0.25) is 9.59 Å². The summed E-state index contributed by atoms with van der Waals surface area (Å²) in [5, 5.41) is 5.52. The first-order valence-electron chi connectivity index (χ1n) is 10.1. The summed E-state index contributed by atoms with van der Waals surface area (Å²) in [5.41, 5.74) is 1.27. The Labute approximate surface area is 193 Å². The highest BCUT2D eigenvalue weighted by Crippen LogP contribution is 2.34. The number of hydrogen-bond donors (Lipinski definition) is 2. The smallest absolute Gasteiger partial charge is 0.341 e. The van der Waals surface area contributed by atoms with Crippen molar-refractivity contribution in [3.8, 4) is 0 Å². The molecular weight excluding hydrogens is 448 g/mol. The second-order valence-corrected chi connectivity index (χ2v) is 7.68. The monoisotopic (exact) mass is 470 g/mol. The van der Waals surface area contributed by atoms with Crippen molar-refractivity contribution in [2.45, 2.75) is 20.8 Å².